The van der Waals surface area contributed by atoms with Crippen LogP contribution in [0.2, 0.25) is 0 Å². The number of ether oxygens (including phenoxy) is 1. The van der Waals surface area contributed by atoms with E-state index in [1.165, 1.54) is 0 Å². The number of likely N-dealkylation sites (N-methyl/N-ethyl adjacent to an activating group) is 1. The average Bonchev–Trinajstić information content (AvgIpc) is 2.42. The van der Waals surface area contributed by atoms with Gasteiger partial charge >= 0.3 is 5.97 Å². The van der Waals surface area contributed by atoms with Crippen LogP contribution in [-0.4, -0.2) is 55.2 Å². The number of aliphatic carboxylic acids is 1. The summed E-state index contributed by atoms with van der Waals surface area (Å²) in [6.45, 7) is 1.34. The zero-order valence-corrected chi connectivity index (χ0v) is 12.8. The first-order chi connectivity index (χ1) is 9.58. The fourth-order valence-electron chi connectivity index (χ4n) is 1.54. The molecule has 0 aliphatic rings. The molecule has 1 aromatic rings. The molecule has 0 unspecified atom stereocenters. The molecular formula is C14H21ClN2O4. The normalized spacial score (nSPS) is 9.81. The van der Waals surface area contributed by atoms with Crippen LogP contribution >= 0.6 is 12.4 Å². The Hall–Kier alpha value is -1.79. The summed E-state index contributed by atoms with van der Waals surface area (Å²) >= 11 is 0. The lowest BCUT2D eigenvalue weighted by molar-refractivity contribution is -0.137. The van der Waals surface area contributed by atoms with Gasteiger partial charge in [0.1, 0.15) is 12.4 Å². The number of carboxylic acids is 1. The van der Waals surface area contributed by atoms with Gasteiger partial charge in [-0.15, -0.1) is 12.4 Å². The third-order valence-corrected chi connectivity index (χ3v) is 2.56. The molecule has 7 heteroatoms. The Morgan fingerprint density at radius 1 is 1.29 bits per heavy atom. The zero-order valence-electron chi connectivity index (χ0n) is 11.9. The lowest BCUT2D eigenvalue weighted by atomic mass is 10.3. The first-order valence-corrected chi connectivity index (χ1v) is 6.43. The van der Waals surface area contributed by atoms with Crippen molar-refractivity contribution in [1.29, 1.82) is 0 Å². The van der Waals surface area contributed by atoms with Crippen LogP contribution in [0, 0.1) is 0 Å². The van der Waals surface area contributed by atoms with E-state index < -0.39 is 5.97 Å². The molecule has 0 saturated heterocycles. The number of carbonyl (C=O) groups is 2. The Morgan fingerprint density at radius 2 is 1.95 bits per heavy atom. The van der Waals surface area contributed by atoms with Gasteiger partial charge in [-0.25, -0.2) is 0 Å². The van der Waals surface area contributed by atoms with Crippen molar-refractivity contribution in [2.45, 2.75) is 6.42 Å². The third-order valence-electron chi connectivity index (χ3n) is 2.56. The third kappa shape index (κ3) is 9.70. The molecule has 1 aromatic carbocycles. The van der Waals surface area contributed by atoms with Crippen LogP contribution in [0.4, 0.5) is 0 Å². The minimum absolute atomic E-state index is 0. The highest BCUT2D eigenvalue weighted by Crippen LogP contribution is 2.07. The molecule has 0 spiro atoms. The number of amides is 1. The van der Waals surface area contributed by atoms with Gasteiger partial charge in [-0.1, -0.05) is 18.2 Å². The number of carboxylic acid groups (broad SMARTS) is 1. The fourth-order valence-corrected chi connectivity index (χ4v) is 1.54. The Labute approximate surface area is 130 Å². The molecule has 118 valence electrons. The van der Waals surface area contributed by atoms with Gasteiger partial charge in [-0.05, 0) is 19.2 Å². The number of nitrogens with one attached hydrogen (secondary N) is 1. The molecular weight excluding hydrogens is 296 g/mol. The minimum atomic E-state index is -0.867. The predicted octanol–water partition coefficient (Wildman–Crippen LogP) is 1.01. The van der Waals surface area contributed by atoms with E-state index in [9.17, 15) is 9.59 Å². The van der Waals surface area contributed by atoms with Crippen LogP contribution in [0.3, 0.4) is 0 Å². The van der Waals surface area contributed by atoms with E-state index in [0.717, 1.165) is 5.75 Å². The summed E-state index contributed by atoms with van der Waals surface area (Å²) in [6, 6.07) is 9.36. The molecule has 0 aliphatic heterocycles. The Morgan fingerprint density at radius 3 is 2.57 bits per heavy atom. The molecule has 0 radical (unpaired) electrons. The predicted molar refractivity (Wildman–Crippen MR) is 81.9 cm³/mol. The van der Waals surface area contributed by atoms with Crippen LogP contribution in [0.5, 0.6) is 5.75 Å². The maximum atomic E-state index is 11.6. The van der Waals surface area contributed by atoms with Crippen molar-refractivity contribution in [3.8, 4) is 5.75 Å². The van der Waals surface area contributed by atoms with E-state index in [0.29, 0.717) is 19.7 Å². The maximum Gasteiger partial charge on any atom is 0.304 e. The number of rotatable bonds is 9. The van der Waals surface area contributed by atoms with Gasteiger partial charge in [-0.3, -0.25) is 14.5 Å². The molecule has 21 heavy (non-hydrogen) atoms. The van der Waals surface area contributed by atoms with Crippen LogP contribution in [0.1, 0.15) is 6.42 Å². The summed E-state index contributed by atoms with van der Waals surface area (Å²) in [5.74, 6) is -0.247. The second-order valence-corrected chi connectivity index (χ2v) is 4.39. The number of hydrogen-bond acceptors (Lipinski definition) is 4. The Balaban J connectivity index is 0.00000400. The molecule has 0 atom stereocenters. The number of para-hydroxylation sites is 1. The molecule has 0 heterocycles. The summed E-state index contributed by atoms with van der Waals surface area (Å²) < 4.78 is 5.43. The molecule has 2 N–H and O–H groups in total. The summed E-state index contributed by atoms with van der Waals surface area (Å²) in [5, 5.41) is 11.3. The molecule has 0 aromatic heterocycles. The van der Waals surface area contributed by atoms with Crippen LogP contribution in [0.15, 0.2) is 30.3 Å². The van der Waals surface area contributed by atoms with Crippen molar-refractivity contribution in [3.05, 3.63) is 30.3 Å². The number of nitrogens with zero attached hydrogens (tertiary/aromatic N) is 1. The van der Waals surface area contributed by atoms with Gasteiger partial charge in [0.05, 0.1) is 19.5 Å². The number of carbonyl (C=O) groups excluding carboxylic acids is 1. The second kappa shape index (κ2) is 10.9. The van der Waals surface area contributed by atoms with Crippen molar-refractivity contribution in [2.75, 3.05) is 33.3 Å². The highest BCUT2D eigenvalue weighted by Gasteiger charge is 2.07. The van der Waals surface area contributed by atoms with E-state index in [4.69, 9.17) is 9.84 Å². The fraction of sp³-hybridized carbons (Fsp3) is 0.429. The number of benzene rings is 1. The Kier molecular flexibility index (Phi) is 10.0. The molecule has 0 fully saturated rings. The van der Waals surface area contributed by atoms with E-state index in [1.807, 2.05) is 30.3 Å². The molecule has 0 bridgehead atoms. The summed E-state index contributed by atoms with van der Waals surface area (Å²) in [6.07, 6.45) is 0.0287. The van der Waals surface area contributed by atoms with Gasteiger partial charge in [0.25, 0.3) is 0 Å². The van der Waals surface area contributed by atoms with Gasteiger partial charge < -0.3 is 15.2 Å². The highest BCUT2D eigenvalue weighted by molar-refractivity contribution is 5.85. The van der Waals surface area contributed by atoms with E-state index in [1.54, 1.807) is 11.9 Å². The average molecular weight is 317 g/mol. The van der Waals surface area contributed by atoms with Crippen molar-refractivity contribution >= 4 is 24.3 Å². The summed E-state index contributed by atoms with van der Waals surface area (Å²) in [7, 11) is 1.71. The lowest BCUT2D eigenvalue weighted by Gasteiger charge is -2.15. The molecule has 0 saturated carbocycles. The van der Waals surface area contributed by atoms with Gasteiger partial charge in [-0.2, -0.15) is 0 Å². The molecule has 1 amide bonds. The lowest BCUT2D eigenvalue weighted by Crippen LogP contribution is -2.37. The SMILES string of the molecule is CN(CCC(=O)O)CC(=O)NCCOc1ccccc1.Cl. The second-order valence-electron chi connectivity index (χ2n) is 4.39. The van der Waals surface area contributed by atoms with Crippen molar-refractivity contribution < 1.29 is 19.4 Å². The van der Waals surface area contributed by atoms with Crippen LogP contribution in [0.25, 0.3) is 0 Å². The van der Waals surface area contributed by atoms with E-state index in [-0.39, 0.29) is 31.3 Å². The van der Waals surface area contributed by atoms with Crippen molar-refractivity contribution in [2.24, 2.45) is 0 Å². The van der Waals surface area contributed by atoms with Gasteiger partial charge in [0, 0.05) is 6.54 Å². The quantitative estimate of drug-likeness (QED) is 0.665. The summed E-state index contributed by atoms with van der Waals surface area (Å²) in [5.41, 5.74) is 0. The molecule has 6 nitrogen and oxygen atoms in total. The number of hydrogen-bond donors (Lipinski definition) is 2. The Bertz CT molecular complexity index is 428. The van der Waals surface area contributed by atoms with Crippen molar-refractivity contribution in [1.82, 2.24) is 10.2 Å². The molecule has 1 rings (SSSR count). The standard InChI is InChI=1S/C14H20N2O4.ClH/c1-16(9-7-14(18)19)11-13(17)15-8-10-20-12-5-3-2-4-6-12;/h2-6H,7-11H2,1H3,(H,15,17)(H,18,19);1H. The minimum Gasteiger partial charge on any atom is -0.492 e. The monoisotopic (exact) mass is 316 g/mol. The van der Waals surface area contributed by atoms with Crippen LogP contribution in [-0.2, 0) is 9.59 Å². The van der Waals surface area contributed by atoms with E-state index in [2.05, 4.69) is 5.32 Å². The number of halogens is 1. The van der Waals surface area contributed by atoms with E-state index >= 15 is 0 Å². The highest BCUT2D eigenvalue weighted by atomic mass is 35.5. The first-order valence-electron chi connectivity index (χ1n) is 6.43. The van der Waals surface area contributed by atoms with Crippen molar-refractivity contribution in [3.63, 3.8) is 0 Å². The zero-order chi connectivity index (χ0) is 14.8. The smallest absolute Gasteiger partial charge is 0.304 e. The largest absolute Gasteiger partial charge is 0.492 e. The van der Waals surface area contributed by atoms with Gasteiger partial charge in [0.2, 0.25) is 5.91 Å². The summed E-state index contributed by atoms with van der Waals surface area (Å²) in [4.78, 5) is 23.6. The first kappa shape index (κ1) is 19.2. The van der Waals surface area contributed by atoms with Gasteiger partial charge in [0.15, 0.2) is 0 Å². The maximum absolute atomic E-state index is 11.6. The molecule has 0 aliphatic carbocycles. The van der Waals surface area contributed by atoms with Crippen LogP contribution < -0.4 is 10.1 Å². The topological polar surface area (TPSA) is 78.9 Å².